The molecule has 10 rings (SSSR count). The monoisotopic (exact) mass is 606 g/mol. The second-order valence-corrected chi connectivity index (χ2v) is 13.5. The van der Waals surface area contributed by atoms with Gasteiger partial charge in [0.2, 0.25) is 0 Å². The number of anilines is 1. The molecule has 46 heavy (non-hydrogen) atoms. The molecule has 0 radical (unpaired) electrons. The third-order valence-corrected chi connectivity index (χ3v) is 11.0. The van der Waals surface area contributed by atoms with Gasteiger partial charge < -0.3 is 9.47 Å². The summed E-state index contributed by atoms with van der Waals surface area (Å²) in [7, 11) is 0. The van der Waals surface area contributed by atoms with Crippen molar-refractivity contribution in [2.75, 3.05) is 4.90 Å². The Morgan fingerprint density at radius 2 is 1.41 bits per heavy atom. The highest BCUT2D eigenvalue weighted by Gasteiger charge is 2.26. The fraction of sp³-hybridized carbons (Fsp3) is 0.0698. The Kier molecular flexibility index (Phi) is 5.67. The van der Waals surface area contributed by atoms with Crippen molar-refractivity contribution in [3.8, 4) is 16.8 Å². The van der Waals surface area contributed by atoms with E-state index in [0.717, 1.165) is 19.4 Å². The van der Waals surface area contributed by atoms with Crippen LogP contribution in [-0.2, 0) is 6.54 Å². The Balaban J connectivity index is 1.21. The Labute approximate surface area is 271 Å². The highest BCUT2D eigenvalue weighted by molar-refractivity contribution is 7.26. The van der Waals surface area contributed by atoms with Gasteiger partial charge >= 0.3 is 0 Å². The van der Waals surface area contributed by atoms with Gasteiger partial charge in [0, 0.05) is 60.0 Å². The zero-order valence-corrected chi connectivity index (χ0v) is 26.1. The van der Waals surface area contributed by atoms with Crippen molar-refractivity contribution in [2.24, 2.45) is 0 Å². The lowest BCUT2D eigenvalue weighted by Gasteiger charge is -2.36. The van der Waals surface area contributed by atoms with Crippen LogP contribution >= 0.6 is 11.3 Å². The molecule has 0 atom stereocenters. The molecule has 0 N–H and O–H groups in total. The summed E-state index contributed by atoms with van der Waals surface area (Å²) in [5.41, 5.74) is 13.0. The molecule has 2 nitrogen and oxygen atoms in total. The van der Waals surface area contributed by atoms with Crippen molar-refractivity contribution >= 4 is 64.6 Å². The Hall–Kier alpha value is -5.38. The fourth-order valence-electron chi connectivity index (χ4n) is 7.88. The van der Waals surface area contributed by atoms with E-state index >= 15 is 0 Å². The molecule has 218 valence electrons. The van der Waals surface area contributed by atoms with E-state index in [0.29, 0.717) is 0 Å². The molecule has 1 aliphatic heterocycles. The molecule has 2 aliphatic rings. The topological polar surface area (TPSA) is 8.17 Å². The molecule has 8 aromatic rings. The molecule has 3 heteroatoms. The van der Waals surface area contributed by atoms with E-state index in [4.69, 9.17) is 0 Å². The van der Waals surface area contributed by atoms with E-state index in [1.165, 1.54) is 86.9 Å². The van der Waals surface area contributed by atoms with Crippen LogP contribution in [0, 0.1) is 0 Å². The number of thiophene rings is 1. The molecule has 6 aromatic carbocycles. The first-order chi connectivity index (χ1) is 22.8. The van der Waals surface area contributed by atoms with Crippen LogP contribution in [-0.4, -0.2) is 4.57 Å². The van der Waals surface area contributed by atoms with E-state index in [9.17, 15) is 0 Å². The van der Waals surface area contributed by atoms with Crippen LogP contribution in [0.1, 0.15) is 24.0 Å². The van der Waals surface area contributed by atoms with Gasteiger partial charge in [-0.25, -0.2) is 0 Å². The Bertz CT molecular complexity index is 2580. The molecule has 3 heterocycles. The molecule has 1 aliphatic carbocycles. The largest absolute Gasteiger partial charge is 0.340 e. The summed E-state index contributed by atoms with van der Waals surface area (Å²) >= 11 is 1.88. The molecule has 0 unspecified atom stereocenters. The van der Waals surface area contributed by atoms with Crippen LogP contribution in [0.3, 0.4) is 0 Å². The second kappa shape index (κ2) is 10.1. The predicted octanol–water partition coefficient (Wildman–Crippen LogP) is 11.9. The zero-order valence-electron chi connectivity index (χ0n) is 25.3. The number of para-hydroxylation sites is 2. The summed E-state index contributed by atoms with van der Waals surface area (Å²) in [4.78, 5) is 2.55. The fourth-order valence-corrected chi connectivity index (χ4v) is 8.99. The average molecular weight is 607 g/mol. The third kappa shape index (κ3) is 3.76. The van der Waals surface area contributed by atoms with Crippen LogP contribution in [0.2, 0.25) is 0 Å². The summed E-state index contributed by atoms with van der Waals surface area (Å²) in [6.45, 7) is 0.893. The van der Waals surface area contributed by atoms with Crippen molar-refractivity contribution in [1.82, 2.24) is 4.57 Å². The standard InChI is InChI=1S/C43H30N2S/c1-2-15-31-29(12-1)27-44(37-20-7-4-17-33(31)37)30-14-11-13-28(26-30)32-16-3-8-21-38(32)45-39-22-9-5-18-34(39)35-24-25-41-42(43(35)45)36-19-6-10-23-40(36)46-41/h1-6,8-19,21-26H,7,20,27H2. The number of fused-ring (bicyclic) bond motifs is 9. The lowest BCUT2D eigenvalue weighted by Crippen LogP contribution is -2.28. The SMILES string of the molecule is C1=CC2=C(CC1)N(c1cccc(-c3ccccc3-n3c4ccccc4c4ccc5sc6ccccc6c5c43)c1)Cc1ccccc12. The summed E-state index contributed by atoms with van der Waals surface area (Å²) in [5.74, 6) is 0. The van der Waals surface area contributed by atoms with Crippen molar-refractivity contribution in [3.63, 3.8) is 0 Å². The number of allylic oxidation sites excluding steroid dienone is 4. The summed E-state index contributed by atoms with van der Waals surface area (Å²) < 4.78 is 5.18. The molecular weight excluding hydrogens is 577 g/mol. The van der Waals surface area contributed by atoms with Gasteiger partial charge in [-0.15, -0.1) is 11.3 Å². The van der Waals surface area contributed by atoms with Gasteiger partial charge in [0.25, 0.3) is 0 Å². The number of hydrogen-bond donors (Lipinski definition) is 0. The summed E-state index contributed by atoms with van der Waals surface area (Å²) in [6.07, 6.45) is 6.80. The minimum atomic E-state index is 0.893. The van der Waals surface area contributed by atoms with Crippen LogP contribution in [0.25, 0.3) is 64.4 Å². The lowest BCUT2D eigenvalue weighted by atomic mass is 9.88. The molecule has 0 fully saturated rings. The zero-order chi connectivity index (χ0) is 30.2. The van der Waals surface area contributed by atoms with Gasteiger partial charge in [0.15, 0.2) is 0 Å². The highest BCUT2D eigenvalue weighted by atomic mass is 32.1. The van der Waals surface area contributed by atoms with Gasteiger partial charge in [-0.1, -0.05) is 109 Å². The molecule has 0 spiro atoms. The van der Waals surface area contributed by atoms with Crippen molar-refractivity contribution in [2.45, 2.75) is 19.4 Å². The molecule has 0 saturated carbocycles. The maximum absolute atomic E-state index is 2.55. The molecule has 0 bridgehead atoms. The van der Waals surface area contributed by atoms with Gasteiger partial charge in [0.1, 0.15) is 0 Å². The lowest BCUT2D eigenvalue weighted by molar-refractivity contribution is 0.813. The van der Waals surface area contributed by atoms with Crippen LogP contribution < -0.4 is 4.90 Å². The number of hydrogen-bond acceptors (Lipinski definition) is 2. The number of nitrogens with zero attached hydrogens (tertiary/aromatic N) is 2. The van der Waals surface area contributed by atoms with E-state index in [1.54, 1.807) is 0 Å². The van der Waals surface area contributed by atoms with Crippen molar-refractivity contribution in [3.05, 3.63) is 162 Å². The minimum Gasteiger partial charge on any atom is -0.340 e. The van der Waals surface area contributed by atoms with E-state index in [-0.39, 0.29) is 0 Å². The summed E-state index contributed by atoms with van der Waals surface area (Å²) in [6, 6.07) is 49.4. The van der Waals surface area contributed by atoms with Crippen LogP contribution in [0.15, 0.2) is 151 Å². The number of aromatic nitrogens is 1. The molecule has 2 aromatic heterocycles. The normalized spacial score (nSPS) is 14.5. The number of benzene rings is 6. The van der Waals surface area contributed by atoms with Crippen LogP contribution in [0.5, 0.6) is 0 Å². The van der Waals surface area contributed by atoms with Gasteiger partial charge in [0.05, 0.1) is 16.7 Å². The van der Waals surface area contributed by atoms with Crippen LogP contribution in [0.4, 0.5) is 5.69 Å². The number of rotatable bonds is 3. The van der Waals surface area contributed by atoms with Crippen molar-refractivity contribution < 1.29 is 0 Å². The average Bonchev–Trinajstić information content (AvgIpc) is 3.67. The second-order valence-electron chi connectivity index (χ2n) is 12.4. The molecular formula is C43H30N2S. The van der Waals surface area contributed by atoms with Gasteiger partial charge in [-0.3, -0.25) is 0 Å². The third-order valence-electron chi connectivity index (χ3n) is 9.89. The first-order valence-electron chi connectivity index (χ1n) is 16.1. The quantitative estimate of drug-likeness (QED) is 0.194. The Morgan fingerprint density at radius 3 is 2.37 bits per heavy atom. The maximum atomic E-state index is 2.55. The van der Waals surface area contributed by atoms with E-state index in [2.05, 4.69) is 155 Å². The van der Waals surface area contributed by atoms with E-state index in [1.807, 2.05) is 11.3 Å². The molecule has 0 amide bonds. The first kappa shape index (κ1) is 25.9. The van der Waals surface area contributed by atoms with Crippen molar-refractivity contribution in [1.29, 1.82) is 0 Å². The summed E-state index contributed by atoms with van der Waals surface area (Å²) in [5, 5.41) is 5.25. The predicted molar refractivity (Wildman–Crippen MR) is 197 cm³/mol. The van der Waals surface area contributed by atoms with E-state index < -0.39 is 0 Å². The van der Waals surface area contributed by atoms with Gasteiger partial charge in [-0.05, 0) is 65.9 Å². The molecule has 0 saturated heterocycles. The van der Waals surface area contributed by atoms with Gasteiger partial charge in [-0.2, -0.15) is 0 Å². The smallest absolute Gasteiger partial charge is 0.0634 e. The minimum absolute atomic E-state index is 0.893. The Morgan fingerprint density at radius 1 is 0.609 bits per heavy atom. The first-order valence-corrected chi connectivity index (χ1v) is 16.9. The highest BCUT2D eigenvalue weighted by Crippen LogP contribution is 2.45. The maximum Gasteiger partial charge on any atom is 0.0634 e.